The second-order valence-electron chi connectivity index (χ2n) is 5.77. The van der Waals surface area contributed by atoms with Crippen molar-refractivity contribution in [1.82, 2.24) is 15.0 Å². The molecule has 0 saturated carbocycles. The number of anilines is 2. The number of carbonyl (C=O) groups is 1. The Balaban J connectivity index is 1.59. The van der Waals surface area contributed by atoms with Crippen molar-refractivity contribution in [2.45, 2.75) is 6.61 Å². The molecule has 0 spiro atoms. The van der Waals surface area contributed by atoms with Crippen molar-refractivity contribution in [1.29, 1.82) is 0 Å². The number of hydrogen-bond donors (Lipinski definition) is 2. The number of ether oxygens (including phenoxy) is 1. The highest BCUT2D eigenvalue weighted by atomic mass is 79.9. The van der Waals surface area contributed by atoms with Gasteiger partial charge >= 0.3 is 5.97 Å². The SMILES string of the molecule is O=C(O)c1cnc2sc(Nc3ncc(Br)cc3OCc3ccccc3)nc2c1. The van der Waals surface area contributed by atoms with Crippen LogP contribution in [0.15, 0.2) is 59.3 Å². The lowest BCUT2D eigenvalue weighted by molar-refractivity contribution is 0.0696. The van der Waals surface area contributed by atoms with Crippen LogP contribution in [0.3, 0.4) is 0 Å². The summed E-state index contributed by atoms with van der Waals surface area (Å²) in [7, 11) is 0. The van der Waals surface area contributed by atoms with Gasteiger partial charge < -0.3 is 15.2 Å². The molecule has 0 aliphatic carbocycles. The first kappa shape index (κ1) is 18.3. The Hall–Kier alpha value is -3.04. The Morgan fingerprint density at radius 2 is 2.00 bits per heavy atom. The summed E-state index contributed by atoms with van der Waals surface area (Å²) in [4.78, 5) is 24.7. The Morgan fingerprint density at radius 3 is 2.79 bits per heavy atom. The molecule has 0 amide bonds. The maximum Gasteiger partial charge on any atom is 0.337 e. The van der Waals surface area contributed by atoms with E-state index in [1.54, 1.807) is 6.20 Å². The molecule has 9 heteroatoms. The minimum Gasteiger partial charge on any atom is -0.485 e. The molecule has 0 aliphatic rings. The van der Waals surface area contributed by atoms with Crippen LogP contribution >= 0.6 is 27.3 Å². The highest BCUT2D eigenvalue weighted by Gasteiger charge is 2.13. The molecular weight excluding hydrogens is 444 g/mol. The molecule has 4 rings (SSSR count). The molecule has 0 bridgehead atoms. The van der Waals surface area contributed by atoms with Gasteiger partial charge in [-0.05, 0) is 33.6 Å². The average molecular weight is 457 g/mol. The predicted octanol–water partition coefficient (Wildman–Crippen LogP) is 4.87. The van der Waals surface area contributed by atoms with E-state index in [-0.39, 0.29) is 5.56 Å². The van der Waals surface area contributed by atoms with Crippen LogP contribution in [-0.2, 0) is 6.61 Å². The molecule has 0 aliphatic heterocycles. The Morgan fingerprint density at radius 1 is 1.18 bits per heavy atom. The Labute approximate surface area is 172 Å². The van der Waals surface area contributed by atoms with E-state index in [2.05, 4.69) is 36.2 Å². The van der Waals surface area contributed by atoms with Gasteiger partial charge in [-0.3, -0.25) is 0 Å². The van der Waals surface area contributed by atoms with Crippen molar-refractivity contribution in [3.05, 3.63) is 70.5 Å². The lowest BCUT2D eigenvalue weighted by Crippen LogP contribution is -2.01. The maximum atomic E-state index is 11.1. The van der Waals surface area contributed by atoms with Crippen LogP contribution in [0.4, 0.5) is 10.9 Å². The van der Waals surface area contributed by atoms with Gasteiger partial charge in [0.25, 0.3) is 0 Å². The molecule has 1 aromatic carbocycles. The third kappa shape index (κ3) is 4.10. The molecular formula is C19H13BrN4O3S. The van der Waals surface area contributed by atoms with Gasteiger partial charge in [0, 0.05) is 16.9 Å². The number of halogens is 1. The van der Waals surface area contributed by atoms with Crippen LogP contribution in [0.2, 0.25) is 0 Å². The molecule has 3 aromatic heterocycles. The number of carboxylic acid groups (broad SMARTS) is 1. The van der Waals surface area contributed by atoms with Gasteiger partial charge in [-0.25, -0.2) is 19.7 Å². The van der Waals surface area contributed by atoms with Gasteiger partial charge in [-0.1, -0.05) is 41.7 Å². The molecule has 28 heavy (non-hydrogen) atoms. The second kappa shape index (κ2) is 7.91. The highest BCUT2D eigenvalue weighted by Crippen LogP contribution is 2.32. The van der Waals surface area contributed by atoms with Crippen LogP contribution in [0.1, 0.15) is 15.9 Å². The largest absolute Gasteiger partial charge is 0.485 e. The molecule has 0 saturated heterocycles. The fraction of sp³-hybridized carbons (Fsp3) is 0.0526. The number of aromatic carboxylic acids is 1. The first-order valence-electron chi connectivity index (χ1n) is 8.17. The highest BCUT2D eigenvalue weighted by molar-refractivity contribution is 9.10. The Bertz CT molecular complexity index is 1150. The summed E-state index contributed by atoms with van der Waals surface area (Å²) < 4.78 is 6.72. The van der Waals surface area contributed by atoms with Gasteiger partial charge in [-0.2, -0.15) is 0 Å². The number of benzene rings is 1. The first-order chi connectivity index (χ1) is 13.6. The minimum absolute atomic E-state index is 0.0954. The topological polar surface area (TPSA) is 97.2 Å². The van der Waals surface area contributed by atoms with Crippen LogP contribution < -0.4 is 10.1 Å². The molecule has 2 N–H and O–H groups in total. The van der Waals surface area contributed by atoms with Crippen LogP contribution in [0.25, 0.3) is 10.3 Å². The van der Waals surface area contributed by atoms with Crippen molar-refractivity contribution in [3.63, 3.8) is 0 Å². The molecule has 0 unspecified atom stereocenters. The van der Waals surface area contributed by atoms with E-state index >= 15 is 0 Å². The summed E-state index contributed by atoms with van der Waals surface area (Å²) in [5.41, 5.74) is 1.65. The zero-order chi connectivity index (χ0) is 19.5. The number of nitrogens with zero attached hydrogens (tertiary/aromatic N) is 3. The van der Waals surface area contributed by atoms with Gasteiger partial charge in [-0.15, -0.1) is 0 Å². The summed E-state index contributed by atoms with van der Waals surface area (Å²) in [6.07, 6.45) is 2.98. The number of rotatable bonds is 6. The quantitative estimate of drug-likeness (QED) is 0.426. The third-order valence-electron chi connectivity index (χ3n) is 3.78. The number of pyridine rings is 2. The number of carboxylic acids is 1. The van der Waals surface area contributed by atoms with E-state index in [0.717, 1.165) is 10.0 Å². The van der Waals surface area contributed by atoms with E-state index in [1.165, 1.54) is 23.6 Å². The van der Waals surface area contributed by atoms with Crippen molar-refractivity contribution in [2.24, 2.45) is 0 Å². The monoisotopic (exact) mass is 456 g/mol. The lowest BCUT2D eigenvalue weighted by atomic mass is 10.2. The van der Waals surface area contributed by atoms with Gasteiger partial charge in [0.15, 0.2) is 16.7 Å². The summed E-state index contributed by atoms with van der Waals surface area (Å²) in [6, 6.07) is 13.1. The fourth-order valence-corrected chi connectivity index (χ4v) is 3.55. The van der Waals surface area contributed by atoms with Crippen LogP contribution in [-0.4, -0.2) is 26.0 Å². The summed E-state index contributed by atoms with van der Waals surface area (Å²) in [6.45, 7) is 0.400. The Kier molecular flexibility index (Phi) is 5.18. The number of nitrogens with one attached hydrogen (secondary N) is 1. The average Bonchev–Trinajstić information content (AvgIpc) is 3.10. The van der Waals surface area contributed by atoms with E-state index < -0.39 is 5.97 Å². The van der Waals surface area contributed by atoms with E-state index in [4.69, 9.17) is 9.84 Å². The van der Waals surface area contributed by atoms with Crippen LogP contribution in [0.5, 0.6) is 5.75 Å². The molecule has 140 valence electrons. The third-order valence-corrected chi connectivity index (χ3v) is 5.10. The zero-order valence-corrected chi connectivity index (χ0v) is 16.7. The number of aromatic nitrogens is 3. The number of hydrogen-bond acceptors (Lipinski definition) is 7. The summed E-state index contributed by atoms with van der Waals surface area (Å²) in [5, 5.41) is 12.8. The van der Waals surface area contributed by atoms with Crippen LogP contribution in [0, 0.1) is 0 Å². The van der Waals surface area contributed by atoms with Gasteiger partial charge in [0.2, 0.25) is 0 Å². The van der Waals surface area contributed by atoms with E-state index in [0.29, 0.717) is 33.7 Å². The van der Waals surface area contributed by atoms with Crippen molar-refractivity contribution in [2.75, 3.05) is 5.32 Å². The first-order valence-corrected chi connectivity index (χ1v) is 9.78. The molecule has 4 aromatic rings. The predicted molar refractivity (Wildman–Crippen MR) is 110 cm³/mol. The van der Waals surface area contributed by atoms with Crippen molar-refractivity contribution >= 4 is 54.5 Å². The molecule has 0 radical (unpaired) electrons. The maximum absolute atomic E-state index is 11.1. The number of thiazole rings is 1. The standard InChI is InChI=1S/C19H13BrN4O3S/c20-13-7-15(27-10-11-4-2-1-3-5-11)16(21-9-13)24-19-23-14-6-12(18(25)26)8-22-17(14)28-19/h1-9H,10H2,(H,25,26)(H,21,23,24). The van der Waals surface area contributed by atoms with E-state index in [1.807, 2.05) is 36.4 Å². The van der Waals surface area contributed by atoms with Crippen molar-refractivity contribution < 1.29 is 14.6 Å². The van der Waals surface area contributed by atoms with Gasteiger partial charge in [0.1, 0.15) is 17.0 Å². The molecule has 3 heterocycles. The number of fused-ring (bicyclic) bond motifs is 1. The summed E-state index contributed by atoms with van der Waals surface area (Å²) in [5.74, 6) is 0.0383. The zero-order valence-electron chi connectivity index (χ0n) is 14.3. The molecule has 7 nitrogen and oxygen atoms in total. The molecule has 0 fully saturated rings. The van der Waals surface area contributed by atoms with Gasteiger partial charge in [0.05, 0.1) is 5.56 Å². The lowest BCUT2D eigenvalue weighted by Gasteiger charge is -2.11. The minimum atomic E-state index is -1.04. The summed E-state index contributed by atoms with van der Waals surface area (Å²) >= 11 is 4.72. The normalized spacial score (nSPS) is 10.8. The fourth-order valence-electron chi connectivity index (χ4n) is 2.45. The second-order valence-corrected chi connectivity index (χ2v) is 7.67. The molecule has 0 atom stereocenters. The smallest absolute Gasteiger partial charge is 0.337 e. The van der Waals surface area contributed by atoms with Crippen molar-refractivity contribution in [3.8, 4) is 5.75 Å². The van der Waals surface area contributed by atoms with E-state index in [9.17, 15) is 4.79 Å².